The fourth-order valence-electron chi connectivity index (χ4n) is 1.69. The Morgan fingerprint density at radius 2 is 1.77 bits per heavy atom. The van der Waals surface area contributed by atoms with Crippen LogP contribution in [0.4, 0.5) is 0 Å². The van der Waals surface area contributed by atoms with Crippen LogP contribution in [-0.4, -0.2) is 18.5 Å². The first-order valence-corrected chi connectivity index (χ1v) is 7.66. The van der Waals surface area contributed by atoms with Crippen LogP contribution in [0, 0.1) is 0 Å². The number of benzene rings is 2. The molecule has 0 spiro atoms. The molecule has 0 bridgehead atoms. The van der Waals surface area contributed by atoms with Crippen molar-refractivity contribution in [2.45, 2.75) is 6.54 Å². The van der Waals surface area contributed by atoms with Crippen molar-refractivity contribution in [3.8, 4) is 0 Å². The van der Waals surface area contributed by atoms with Gasteiger partial charge in [-0.25, -0.2) is 4.79 Å². The number of amides is 1. The summed E-state index contributed by atoms with van der Waals surface area (Å²) < 4.78 is 5.85. The van der Waals surface area contributed by atoms with E-state index in [0.717, 1.165) is 10.0 Å². The minimum Gasteiger partial charge on any atom is -0.452 e. The third kappa shape index (κ3) is 4.86. The first-order chi connectivity index (χ1) is 10.6. The minimum atomic E-state index is -0.562. The molecule has 0 atom stereocenters. The molecule has 0 unspecified atom stereocenters. The summed E-state index contributed by atoms with van der Waals surface area (Å²) in [7, 11) is 0. The molecule has 4 nitrogen and oxygen atoms in total. The number of halogens is 2. The van der Waals surface area contributed by atoms with Gasteiger partial charge in [0.2, 0.25) is 0 Å². The Morgan fingerprint density at radius 1 is 1.09 bits per heavy atom. The van der Waals surface area contributed by atoms with E-state index in [1.807, 2.05) is 24.3 Å². The Morgan fingerprint density at radius 3 is 2.45 bits per heavy atom. The zero-order valence-corrected chi connectivity index (χ0v) is 13.9. The molecule has 0 aliphatic carbocycles. The second-order valence-electron chi connectivity index (χ2n) is 4.45. The second kappa shape index (κ2) is 7.96. The van der Waals surface area contributed by atoms with Gasteiger partial charge in [-0.2, -0.15) is 0 Å². The number of hydrogen-bond donors (Lipinski definition) is 1. The van der Waals surface area contributed by atoms with E-state index in [2.05, 4.69) is 21.2 Å². The average Bonchev–Trinajstić information content (AvgIpc) is 2.52. The summed E-state index contributed by atoms with van der Waals surface area (Å²) >= 11 is 9.13. The number of rotatable bonds is 5. The van der Waals surface area contributed by atoms with Crippen molar-refractivity contribution in [2.24, 2.45) is 0 Å². The molecule has 0 aliphatic rings. The van der Waals surface area contributed by atoms with E-state index < -0.39 is 5.97 Å². The summed E-state index contributed by atoms with van der Waals surface area (Å²) in [5.41, 5.74) is 1.29. The third-order valence-corrected chi connectivity index (χ3v) is 3.87. The van der Waals surface area contributed by atoms with Gasteiger partial charge in [0.05, 0.1) is 5.56 Å². The van der Waals surface area contributed by atoms with Gasteiger partial charge in [0, 0.05) is 16.0 Å². The molecule has 114 valence electrons. The van der Waals surface area contributed by atoms with E-state index in [1.165, 1.54) is 0 Å². The quantitative estimate of drug-likeness (QED) is 0.804. The molecular weight excluding hydrogens is 370 g/mol. The van der Waals surface area contributed by atoms with Crippen molar-refractivity contribution in [3.05, 3.63) is 69.2 Å². The summed E-state index contributed by atoms with van der Waals surface area (Å²) in [6, 6.07) is 13.8. The lowest BCUT2D eigenvalue weighted by Gasteiger charge is -2.08. The van der Waals surface area contributed by atoms with E-state index in [1.54, 1.807) is 24.3 Å². The van der Waals surface area contributed by atoms with Crippen molar-refractivity contribution in [1.29, 1.82) is 0 Å². The van der Waals surface area contributed by atoms with E-state index in [0.29, 0.717) is 17.1 Å². The molecule has 6 heteroatoms. The molecule has 0 aromatic heterocycles. The van der Waals surface area contributed by atoms with Crippen LogP contribution in [0.25, 0.3) is 0 Å². The largest absolute Gasteiger partial charge is 0.452 e. The zero-order chi connectivity index (χ0) is 15.9. The van der Waals surface area contributed by atoms with Gasteiger partial charge in [-0.15, -0.1) is 0 Å². The maximum absolute atomic E-state index is 11.7. The molecule has 0 saturated carbocycles. The summed E-state index contributed by atoms with van der Waals surface area (Å²) in [6.45, 7) is 0.0324. The third-order valence-electron chi connectivity index (χ3n) is 2.85. The van der Waals surface area contributed by atoms with Crippen molar-refractivity contribution >= 4 is 39.4 Å². The van der Waals surface area contributed by atoms with Crippen LogP contribution in [0.5, 0.6) is 0 Å². The normalized spacial score (nSPS) is 10.1. The zero-order valence-electron chi connectivity index (χ0n) is 11.5. The first-order valence-electron chi connectivity index (χ1n) is 6.49. The lowest BCUT2D eigenvalue weighted by atomic mass is 10.2. The first kappa shape index (κ1) is 16.5. The van der Waals surface area contributed by atoms with Gasteiger partial charge < -0.3 is 10.1 Å². The highest BCUT2D eigenvalue weighted by molar-refractivity contribution is 9.10. The molecule has 2 rings (SSSR count). The van der Waals surface area contributed by atoms with Crippen LogP contribution in [0.3, 0.4) is 0 Å². The van der Waals surface area contributed by atoms with Gasteiger partial charge in [0.25, 0.3) is 5.91 Å². The monoisotopic (exact) mass is 381 g/mol. The molecular formula is C16H13BrClNO3. The average molecular weight is 383 g/mol. The Labute approximate surface area is 141 Å². The number of nitrogens with one attached hydrogen (secondary N) is 1. The second-order valence-corrected chi connectivity index (χ2v) is 5.74. The molecule has 0 heterocycles. The SMILES string of the molecule is O=C(COC(=O)c1ccc(Cl)cc1)NCc1ccccc1Br. The number of carbonyl (C=O) groups excluding carboxylic acids is 2. The molecule has 0 fully saturated rings. The smallest absolute Gasteiger partial charge is 0.338 e. The molecule has 0 saturated heterocycles. The summed E-state index contributed by atoms with van der Waals surface area (Å²) in [4.78, 5) is 23.4. The predicted octanol–water partition coefficient (Wildman–Crippen LogP) is 3.58. The molecule has 0 aliphatic heterocycles. The van der Waals surface area contributed by atoms with Gasteiger partial charge in [-0.1, -0.05) is 45.7 Å². The van der Waals surface area contributed by atoms with Crippen molar-refractivity contribution in [2.75, 3.05) is 6.61 Å². The maximum Gasteiger partial charge on any atom is 0.338 e. The highest BCUT2D eigenvalue weighted by Crippen LogP contribution is 2.15. The molecule has 0 radical (unpaired) electrons. The van der Waals surface area contributed by atoms with Crippen molar-refractivity contribution in [1.82, 2.24) is 5.32 Å². The summed E-state index contributed by atoms with van der Waals surface area (Å²) in [5, 5.41) is 3.22. The Hall–Kier alpha value is -1.85. The number of ether oxygens (including phenoxy) is 1. The van der Waals surface area contributed by atoms with Crippen LogP contribution in [-0.2, 0) is 16.1 Å². The molecule has 22 heavy (non-hydrogen) atoms. The topological polar surface area (TPSA) is 55.4 Å². The van der Waals surface area contributed by atoms with Crippen LogP contribution >= 0.6 is 27.5 Å². The van der Waals surface area contributed by atoms with E-state index in [9.17, 15) is 9.59 Å². The van der Waals surface area contributed by atoms with Crippen LogP contribution in [0.1, 0.15) is 15.9 Å². The predicted molar refractivity (Wildman–Crippen MR) is 87.7 cm³/mol. The number of carbonyl (C=O) groups is 2. The molecule has 2 aromatic carbocycles. The van der Waals surface area contributed by atoms with Gasteiger partial charge in [0.1, 0.15) is 0 Å². The Bertz CT molecular complexity index is 673. The van der Waals surface area contributed by atoms with E-state index in [-0.39, 0.29) is 12.5 Å². The molecule has 1 N–H and O–H groups in total. The van der Waals surface area contributed by atoms with Crippen LogP contribution in [0.15, 0.2) is 53.0 Å². The Balaban J connectivity index is 1.79. The maximum atomic E-state index is 11.7. The van der Waals surface area contributed by atoms with Crippen LogP contribution in [0.2, 0.25) is 5.02 Å². The lowest BCUT2D eigenvalue weighted by molar-refractivity contribution is -0.124. The van der Waals surface area contributed by atoms with Crippen molar-refractivity contribution in [3.63, 3.8) is 0 Å². The van der Waals surface area contributed by atoms with Gasteiger partial charge in [0.15, 0.2) is 6.61 Å². The fourth-order valence-corrected chi connectivity index (χ4v) is 2.24. The highest BCUT2D eigenvalue weighted by Gasteiger charge is 2.10. The number of esters is 1. The lowest BCUT2D eigenvalue weighted by Crippen LogP contribution is -2.28. The molecule has 1 amide bonds. The van der Waals surface area contributed by atoms with Gasteiger partial charge in [-0.05, 0) is 35.9 Å². The summed E-state index contributed by atoms with van der Waals surface area (Å²) in [6.07, 6.45) is 0. The highest BCUT2D eigenvalue weighted by atomic mass is 79.9. The standard InChI is InChI=1S/C16H13BrClNO3/c17-14-4-2-1-3-12(14)9-19-15(20)10-22-16(21)11-5-7-13(18)8-6-11/h1-8H,9-10H2,(H,19,20). The fraction of sp³-hybridized carbons (Fsp3) is 0.125. The van der Waals surface area contributed by atoms with E-state index >= 15 is 0 Å². The minimum absolute atomic E-state index is 0.327. The number of hydrogen-bond acceptors (Lipinski definition) is 3. The Kier molecular flexibility index (Phi) is 5.98. The van der Waals surface area contributed by atoms with Gasteiger partial charge >= 0.3 is 5.97 Å². The van der Waals surface area contributed by atoms with Gasteiger partial charge in [-0.3, -0.25) is 4.79 Å². The summed E-state index contributed by atoms with van der Waals surface area (Å²) in [5.74, 6) is -0.925. The van der Waals surface area contributed by atoms with Crippen LogP contribution < -0.4 is 5.32 Å². The van der Waals surface area contributed by atoms with E-state index in [4.69, 9.17) is 16.3 Å². The van der Waals surface area contributed by atoms with Crippen molar-refractivity contribution < 1.29 is 14.3 Å². The molecule has 2 aromatic rings.